The molecule has 1 amide bonds. The number of nitrogens with zero attached hydrogens (tertiary/aromatic N) is 1. The monoisotopic (exact) mass is 464 g/mol. The third kappa shape index (κ3) is 5.13. The standard InChI is InChI=1S/C25H24N2O5S/c1-18(24(28)27-15-14-20-10-5-6-13-23(20)27)32-25(29)21-11-7-12-22(16-21)33(30,31)26-17-19-8-3-2-4-9-19/h2-13,16,18,26H,14-15,17H2,1H3/t18-/m1/s1. The van der Waals surface area contributed by atoms with Gasteiger partial charge in [-0.2, -0.15) is 0 Å². The first kappa shape index (κ1) is 22.7. The van der Waals surface area contributed by atoms with E-state index in [1.54, 1.807) is 4.90 Å². The molecule has 0 spiro atoms. The molecule has 1 aliphatic heterocycles. The summed E-state index contributed by atoms with van der Waals surface area (Å²) in [6.45, 7) is 2.17. The van der Waals surface area contributed by atoms with Crippen LogP contribution in [0.15, 0.2) is 83.8 Å². The van der Waals surface area contributed by atoms with Crippen LogP contribution in [-0.4, -0.2) is 32.9 Å². The molecule has 1 heterocycles. The maximum absolute atomic E-state index is 12.9. The van der Waals surface area contributed by atoms with Crippen LogP contribution in [0, 0.1) is 0 Å². The first-order valence-electron chi connectivity index (χ1n) is 10.6. The third-order valence-electron chi connectivity index (χ3n) is 5.47. The van der Waals surface area contributed by atoms with Crippen molar-refractivity contribution in [2.45, 2.75) is 30.9 Å². The maximum atomic E-state index is 12.9. The maximum Gasteiger partial charge on any atom is 0.338 e. The van der Waals surface area contributed by atoms with Crippen LogP contribution in [0.3, 0.4) is 0 Å². The zero-order chi connectivity index (χ0) is 23.4. The van der Waals surface area contributed by atoms with Crippen LogP contribution in [0.2, 0.25) is 0 Å². The number of nitrogens with one attached hydrogen (secondary N) is 1. The molecular formula is C25H24N2O5S. The summed E-state index contributed by atoms with van der Waals surface area (Å²) >= 11 is 0. The van der Waals surface area contributed by atoms with Gasteiger partial charge in [0.15, 0.2) is 6.10 Å². The number of ether oxygens (including phenoxy) is 1. The van der Waals surface area contributed by atoms with E-state index >= 15 is 0 Å². The van der Waals surface area contributed by atoms with E-state index in [0.29, 0.717) is 6.54 Å². The second-order valence-electron chi connectivity index (χ2n) is 7.75. The molecule has 0 aromatic heterocycles. The Morgan fingerprint density at radius 2 is 1.73 bits per heavy atom. The minimum Gasteiger partial charge on any atom is -0.449 e. The summed E-state index contributed by atoms with van der Waals surface area (Å²) in [5.41, 5.74) is 2.76. The number of hydrogen-bond acceptors (Lipinski definition) is 5. The van der Waals surface area contributed by atoms with E-state index in [2.05, 4.69) is 4.72 Å². The fourth-order valence-corrected chi connectivity index (χ4v) is 4.78. The van der Waals surface area contributed by atoms with Gasteiger partial charge < -0.3 is 9.64 Å². The minimum atomic E-state index is -3.84. The van der Waals surface area contributed by atoms with Gasteiger partial charge in [-0.3, -0.25) is 4.79 Å². The Hall–Kier alpha value is -3.49. The van der Waals surface area contributed by atoms with Gasteiger partial charge in [0.25, 0.3) is 5.91 Å². The Kier molecular flexibility index (Phi) is 6.57. The Bertz CT molecular complexity index is 1270. The second kappa shape index (κ2) is 9.56. The number of anilines is 1. The van der Waals surface area contributed by atoms with E-state index in [4.69, 9.17) is 4.74 Å². The van der Waals surface area contributed by atoms with Crippen molar-refractivity contribution in [1.82, 2.24) is 4.72 Å². The van der Waals surface area contributed by atoms with Gasteiger partial charge in [-0.15, -0.1) is 0 Å². The fraction of sp³-hybridized carbons (Fsp3) is 0.200. The zero-order valence-electron chi connectivity index (χ0n) is 18.1. The van der Waals surface area contributed by atoms with Crippen LogP contribution in [0.1, 0.15) is 28.4 Å². The van der Waals surface area contributed by atoms with Crippen LogP contribution < -0.4 is 9.62 Å². The van der Waals surface area contributed by atoms with Gasteiger partial charge in [-0.05, 0) is 48.7 Å². The Morgan fingerprint density at radius 1 is 1.00 bits per heavy atom. The van der Waals surface area contributed by atoms with Crippen LogP contribution in [0.25, 0.3) is 0 Å². The fourth-order valence-electron chi connectivity index (χ4n) is 3.71. The quantitative estimate of drug-likeness (QED) is 0.542. The first-order valence-corrected chi connectivity index (χ1v) is 12.1. The van der Waals surface area contributed by atoms with Gasteiger partial charge in [0.05, 0.1) is 10.5 Å². The minimum absolute atomic E-state index is 0.0547. The molecule has 0 saturated heterocycles. The summed E-state index contributed by atoms with van der Waals surface area (Å²) in [5, 5.41) is 0. The van der Waals surface area contributed by atoms with Crippen molar-refractivity contribution in [1.29, 1.82) is 0 Å². The molecule has 7 nitrogen and oxygen atoms in total. The van der Waals surface area contributed by atoms with Crippen molar-refractivity contribution in [2.75, 3.05) is 11.4 Å². The number of carbonyl (C=O) groups is 2. The number of hydrogen-bond donors (Lipinski definition) is 1. The predicted octanol–water partition coefficient (Wildman–Crippen LogP) is 3.30. The van der Waals surface area contributed by atoms with E-state index in [1.807, 2.05) is 54.6 Å². The second-order valence-corrected chi connectivity index (χ2v) is 9.52. The van der Waals surface area contributed by atoms with E-state index in [1.165, 1.54) is 31.2 Å². The van der Waals surface area contributed by atoms with Crippen LogP contribution in [0.4, 0.5) is 5.69 Å². The predicted molar refractivity (Wildman–Crippen MR) is 124 cm³/mol. The molecule has 3 aromatic carbocycles. The van der Waals surface area contributed by atoms with E-state index in [9.17, 15) is 18.0 Å². The van der Waals surface area contributed by atoms with Gasteiger partial charge in [-0.25, -0.2) is 17.9 Å². The zero-order valence-corrected chi connectivity index (χ0v) is 18.9. The molecule has 0 unspecified atom stereocenters. The van der Waals surface area contributed by atoms with E-state index in [0.717, 1.165) is 23.2 Å². The van der Waals surface area contributed by atoms with Crippen molar-refractivity contribution >= 4 is 27.6 Å². The number of sulfonamides is 1. The van der Waals surface area contributed by atoms with Gasteiger partial charge in [0, 0.05) is 18.8 Å². The van der Waals surface area contributed by atoms with E-state index in [-0.39, 0.29) is 22.9 Å². The van der Waals surface area contributed by atoms with Crippen molar-refractivity contribution in [2.24, 2.45) is 0 Å². The molecule has 8 heteroatoms. The first-order chi connectivity index (χ1) is 15.8. The molecule has 0 radical (unpaired) electrons. The van der Waals surface area contributed by atoms with Crippen LogP contribution in [-0.2, 0) is 32.5 Å². The SMILES string of the molecule is C[C@@H](OC(=O)c1cccc(S(=O)(=O)NCc2ccccc2)c1)C(=O)N1CCc2ccccc21. The molecule has 170 valence electrons. The number of amides is 1. The average Bonchev–Trinajstić information content (AvgIpc) is 3.27. The van der Waals surface area contributed by atoms with Gasteiger partial charge in [-0.1, -0.05) is 54.6 Å². The average molecular weight is 465 g/mol. The molecular weight excluding hydrogens is 440 g/mol. The summed E-state index contributed by atoms with van der Waals surface area (Å²) in [4.78, 5) is 27.1. The van der Waals surface area contributed by atoms with Gasteiger partial charge >= 0.3 is 5.97 Å². The Balaban J connectivity index is 1.42. The molecule has 0 fully saturated rings. The number of benzene rings is 3. The number of fused-ring (bicyclic) bond motifs is 1. The molecule has 0 bridgehead atoms. The Morgan fingerprint density at radius 3 is 2.52 bits per heavy atom. The number of para-hydroxylation sites is 1. The van der Waals surface area contributed by atoms with Crippen molar-refractivity contribution in [3.05, 3.63) is 95.6 Å². The van der Waals surface area contributed by atoms with E-state index < -0.39 is 22.1 Å². The van der Waals surface area contributed by atoms with Crippen molar-refractivity contribution in [3.63, 3.8) is 0 Å². The largest absolute Gasteiger partial charge is 0.449 e. The number of esters is 1. The lowest BCUT2D eigenvalue weighted by Crippen LogP contribution is -2.39. The summed E-state index contributed by atoms with van der Waals surface area (Å²) in [6, 6.07) is 22.3. The lowest BCUT2D eigenvalue weighted by molar-refractivity contribution is -0.126. The topological polar surface area (TPSA) is 92.8 Å². The highest BCUT2D eigenvalue weighted by molar-refractivity contribution is 7.89. The van der Waals surface area contributed by atoms with Crippen molar-refractivity contribution in [3.8, 4) is 0 Å². The summed E-state index contributed by atoms with van der Waals surface area (Å²) < 4.78 is 33.3. The molecule has 1 N–H and O–H groups in total. The smallest absolute Gasteiger partial charge is 0.338 e. The van der Waals surface area contributed by atoms with Gasteiger partial charge in [0.2, 0.25) is 10.0 Å². The Labute approximate surface area is 193 Å². The molecule has 1 aliphatic rings. The number of rotatable bonds is 7. The molecule has 3 aromatic rings. The normalized spacial score (nSPS) is 13.9. The highest BCUT2D eigenvalue weighted by Crippen LogP contribution is 2.28. The number of carbonyl (C=O) groups excluding carboxylic acids is 2. The lowest BCUT2D eigenvalue weighted by Gasteiger charge is -2.21. The third-order valence-corrected chi connectivity index (χ3v) is 6.87. The van der Waals surface area contributed by atoms with Crippen molar-refractivity contribution < 1.29 is 22.7 Å². The molecule has 4 rings (SSSR count). The van der Waals surface area contributed by atoms with Gasteiger partial charge in [0.1, 0.15) is 0 Å². The summed E-state index contributed by atoms with van der Waals surface area (Å²) in [6.07, 6.45) is -0.265. The highest BCUT2D eigenvalue weighted by Gasteiger charge is 2.30. The lowest BCUT2D eigenvalue weighted by atomic mass is 10.2. The van der Waals surface area contributed by atoms with Crippen LogP contribution in [0.5, 0.6) is 0 Å². The van der Waals surface area contributed by atoms with Crippen LogP contribution >= 0.6 is 0 Å². The molecule has 0 saturated carbocycles. The summed E-state index contributed by atoms with van der Waals surface area (Å²) in [5.74, 6) is -1.08. The summed E-state index contributed by atoms with van der Waals surface area (Å²) in [7, 11) is -3.84. The molecule has 33 heavy (non-hydrogen) atoms. The molecule has 1 atom stereocenters. The highest BCUT2D eigenvalue weighted by atomic mass is 32.2. The molecule has 0 aliphatic carbocycles.